The number of carbonyl (C=O) groups is 1. The monoisotopic (exact) mass is 195 g/mol. The van der Waals surface area contributed by atoms with Crippen molar-refractivity contribution in [1.82, 2.24) is 9.78 Å². The number of carboxylic acid groups (broad SMARTS) is 1. The molecule has 76 valence electrons. The lowest BCUT2D eigenvalue weighted by molar-refractivity contribution is 0.209. The molecular formula is C9H13N3O2. The van der Waals surface area contributed by atoms with E-state index in [1.165, 1.54) is 0 Å². The summed E-state index contributed by atoms with van der Waals surface area (Å²) in [6, 6.07) is 1.81. The molecule has 0 fully saturated rings. The van der Waals surface area contributed by atoms with Crippen LogP contribution in [0.1, 0.15) is 26.0 Å². The van der Waals surface area contributed by atoms with E-state index < -0.39 is 6.09 Å². The first-order chi connectivity index (χ1) is 6.49. The zero-order chi connectivity index (χ0) is 10.3. The molecule has 5 nitrogen and oxygen atoms in total. The topological polar surface area (TPSA) is 67.2 Å². The van der Waals surface area contributed by atoms with E-state index >= 15 is 0 Å². The average molecular weight is 195 g/mol. The van der Waals surface area contributed by atoms with Gasteiger partial charge in [-0.2, -0.15) is 5.10 Å². The molecule has 0 bridgehead atoms. The van der Waals surface area contributed by atoms with E-state index in [1.54, 1.807) is 6.07 Å². The van der Waals surface area contributed by atoms with E-state index in [0.29, 0.717) is 5.82 Å². The van der Waals surface area contributed by atoms with Crippen LogP contribution in [0.4, 0.5) is 10.6 Å². The van der Waals surface area contributed by atoms with Gasteiger partial charge in [0, 0.05) is 23.7 Å². The van der Waals surface area contributed by atoms with Crippen LogP contribution in [0.2, 0.25) is 0 Å². The van der Waals surface area contributed by atoms with Crippen LogP contribution >= 0.6 is 0 Å². The third-order valence-corrected chi connectivity index (χ3v) is 2.66. The predicted molar refractivity (Wildman–Crippen MR) is 51.5 cm³/mol. The summed E-state index contributed by atoms with van der Waals surface area (Å²) in [5, 5.41) is 14.9. The van der Waals surface area contributed by atoms with Gasteiger partial charge in [-0.25, -0.2) is 4.79 Å². The molecule has 1 aliphatic rings. The lowest BCUT2D eigenvalue weighted by atomic mass is 9.89. The molecule has 1 aromatic heterocycles. The van der Waals surface area contributed by atoms with Crippen molar-refractivity contribution in [2.75, 3.05) is 5.32 Å². The molecule has 2 heterocycles. The molecule has 1 amide bonds. The third-order valence-electron chi connectivity index (χ3n) is 2.66. The van der Waals surface area contributed by atoms with Crippen molar-refractivity contribution in [1.29, 1.82) is 0 Å². The van der Waals surface area contributed by atoms with Gasteiger partial charge in [-0.3, -0.25) is 10.00 Å². The van der Waals surface area contributed by atoms with Gasteiger partial charge in [-0.05, 0) is 6.42 Å². The van der Waals surface area contributed by atoms with Gasteiger partial charge in [-0.1, -0.05) is 13.8 Å². The number of nitrogens with one attached hydrogen (secondary N) is 1. The largest absolute Gasteiger partial charge is 0.465 e. The van der Waals surface area contributed by atoms with Crippen LogP contribution in [0.25, 0.3) is 0 Å². The van der Waals surface area contributed by atoms with Crippen LogP contribution in [0.3, 0.4) is 0 Å². The van der Waals surface area contributed by atoms with Crippen LogP contribution in [0, 0.1) is 0 Å². The highest BCUT2D eigenvalue weighted by Crippen LogP contribution is 2.34. The van der Waals surface area contributed by atoms with Gasteiger partial charge in [-0.15, -0.1) is 0 Å². The number of amides is 1. The Morgan fingerprint density at radius 1 is 1.71 bits per heavy atom. The van der Waals surface area contributed by atoms with Gasteiger partial charge in [0.15, 0.2) is 5.82 Å². The van der Waals surface area contributed by atoms with E-state index in [2.05, 4.69) is 24.3 Å². The second-order valence-corrected chi connectivity index (χ2v) is 4.20. The molecule has 14 heavy (non-hydrogen) atoms. The van der Waals surface area contributed by atoms with Crippen molar-refractivity contribution in [3.63, 3.8) is 0 Å². The molecular weight excluding hydrogens is 182 g/mol. The Morgan fingerprint density at radius 3 is 3.00 bits per heavy atom. The van der Waals surface area contributed by atoms with Crippen LogP contribution in [-0.2, 0) is 12.0 Å². The number of anilines is 1. The molecule has 0 spiro atoms. The summed E-state index contributed by atoms with van der Waals surface area (Å²) >= 11 is 0. The fraction of sp³-hybridized carbons (Fsp3) is 0.556. The number of rotatable bonds is 1. The van der Waals surface area contributed by atoms with Crippen molar-refractivity contribution >= 4 is 11.9 Å². The summed E-state index contributed by atoms with van der Waals surface area (Å²) in [4.78, 5) is 10.4. The maximum atomic E-state index is 10.4. The number of hydrogen-bond donors (Lipinski definition) is 2. The summed E-state index contributed by atoms with van der Waals surface area (Å²) in [5.41, 5.74) is 1.20. The van der Waals surface area contributed by atoms with E-state index in [9.17, 15) is 4.79 Å². The maximum Gasteiger partial charge on any atom is 0.410 e. The molecule has 0 saturated carbocycles. The first-order valence-electron chi connectivity index (χ1n) is 4.57. The van der Waals surface area contributed by atoms with Crippen LogP contribution in [-0.4, -0.2) is 21.0 Å². The Kier molecular flexibility index (Phi) is 1.77. The number of fused-ring (bicyclic) bond motifs is 1. The zero-order valence-corrected chi connectivity index (χ0v) is 8.24. The van der Waals surface area contributed by atoms with E-state index in [4.69, 9.17) is 5.11 Å². The molecule has 1 aromatic rings. The van der Waals surface area contributed by atoms with E-state index in [1.807, 2.05) is 4.68 Å². The minimum atomic E-state index is -1.07. The zero-order valence-electron chi connectivity index (χ0n) is 8.24. The smallest absolute Gasteiger partial charge is 0.410 e. The predicted octanol–water partition coefficient (Wildman–Crippen LogP) is 1.65. The normalized spacial score (nSPS) is 17.9. The molecule has 5 heteroatoms. The summed E-state index contributed by atoms with van der Waals surface area (Å²) in [6.07, 6.45) is -0.0116. The molecule has 2 N–H and O–H groups in total. The second kappa shape index (κ2) is 2.73. The van der Waals surface area contributed by atoms with Gasteiger partial charge in [0.2, 0.25) is 0 Å². The van der Waals surface area contributed by atoms with Crippen LogP contribution in [0.15, 0.2) is 6.07 Å². The quantitative estimate of drug-likeness (QED) is 0.716. The number of hydrogen-bond acceptors (Lipinski definition) is 2. The Balaban J connectivity index is 2.30. The Hall–Kier alpha value is -1.52. The van der Waals surface area contributed by atoms with Crippen molar-refractivity contribution in [2.24, 2.45) is 0 Å². The fourth-order valence-electron chi connectivity index (χ4n) is 1.82. The highest BCUT2D eigenvalue weighted by molar-refractivity contribution is 5.81. The van der Waals surface area contributed by atoms with Gasteiger partial charge in [0.05, 0.1) is 0 Å². The van der Waals surface area contributed by atoms with Crippen molar-refractivity contribution < 1.29 is 9.90 Å². The minimum Gasteiger partial charge on any atom is -0.465 e. The first-order valence-corrected chi connectivity index (χ1v) is 4.57. The molecule has 2 rings (SSSR count). The number of aryl methyl sites for hydroxylation is 1. The molecule has 0 radical (unpaired) electrons. The van der Waals surface area contributed by atoms with Gasteiger partial charge in [0.25, 0.3) is 0 Å². The Morgan fingerprint density at radius 2 is 2.43 bits per heavy atom. The number of nitrogens with zero attached hydrogens (tertiary/aromatic N) is 2. The fourth-order valence-corrected chi connectivity index (χ4v) is 1.82. The van der Waals surface area contributed by atoms with Crippen molar-refractivity contribution in [2.45, 2.75) is 32.2 Å². The molecule has 0 aliphatic carbocycles. The Bertz CT molecular complexity index is 381. The van der Waals surface area contributed by atoms with Gasteiger partial charge in [0.1, 0.15) is 0 Å². The summed E-state index contributed by atoms with van der Waals surface area (Å²) in [6.45, 7) is 5.14. The maximum absolute atomic E-state index is 10.4. The summed E-state index contributed by atoms with van der Waals surface area (Å²) in [5.74, 6) is 0.417. The summed E-state index contributed by atoms with van der Waals surface area (Å²) < 4.78 is 1.87. The second-order valence-electron chi connectivity index (χ2n) is 4.20. The standard InChI is InChI=1S/C9H13N3O2/c1-9(2)3-4-12-6(9)5-7(11-12)10-8(13)14/h5H,3-4H2,1-2H3,(H,10,11)(H,13,14). The first kappa shape index (κ1) is 9.05. The third kappa shape index (κ3) is 1.34. The lowest BCUT2D eigenvalue weighted by Gasteiger charge is -2.14. The van der Waals surface area contributed by atoms with Crippen LogP contribution in [0.5, 0.6) is 0 Å². The van der Waals surface area contributed by atoms with E-state index in [0.717, 1.165) is 18.7 Å². The van der Waals surface area contributed by atoms with Gasteiger partial charge >= 0.3 is 6.09 Å². The molecule has 0 atom stereocenters. The highest BCUT2D eigenvalue weighted by atomic mass is 16.4. The number of aromatic nitrogens is 2. The van der Waals surface area contributed by atoms with Gasteiger partial charge < -0.3 is 5.11 Å². The highest BCUT2D eigenvalue weighted by Gasteiger charge is 2.31. The SMILES string of the molecule is CC1(C)CCn2nc(NC(=O)O)cc21. The van der Waals surface area contributed by atoms with Crippen molar-refractivity contribution in [3.05, 3.63) is 11.8 Å². The Labute approximate surface area is 81.7 Å². The van der Waals surface area contributed by atoms with E-state index in [-0.39, 0.29) is 5.41 Å². The lowest BCUT2D eigenvalue weighted by Crippen LogP contribution is -2.12. The summed E-state index contributed by atoms with van der Waals surface area (Å²) in [7, 11) is 0. The molecule has 1 aliphatic heterocycles. The van der Waals surface area contributed by atoms with Crippen molar-refractivity contribution in [3.8, 4) is 0 Å². The minimum absolute atomic E-state index is 0.103. The molecule has 0 aromatic carbocycles. The average Bonchev–Trinajstić information content (AvgIpc) is 2.53. The van der Waals surface area contributed by atoms with Crippen LogP contribution < -0.4 is 5.32 Å². The molecule has 0 unspecified atom stereocenters. The molecule has 0 saturated heterocycles.